The minimum atomic E-state index is -0.458. The molecular weight excluding hydrogens is 246 g/mol. The van der Waals surface area contributed by atoms with Gasteiger partial charge in [0.1, 0.15) is 0 Å². The quantitative estimate of drug-likeness (QED) is 0.563. The highest BCUT2D eigenvalue weighted by atomic mass is 16.6. The van der Waals surface area contributed by atoms with Crippen molar-refractivity contribution in [2.75, 3.05) is 0 Å². The van der Waals surface area contributed by atoms with E-state index in [2.05, 4.69) is 5.10 Å². The number of aromatic amines is 1. The second-order valence-electron chi connectivity index (χ2n) is 4.07. The number of nitro benzene ring substituents is 1. The lowest BCUT2D eigenvalue weighted by atomic mass is 10.2. The van der Waals surface area contributed by atoms with E-state index in [0.29, 0.717) is 11.1 Å². The summed E-state index contributed by atoms with van der Waals surface area (Å²) >= 11 is 0. The molecule has 19 heavy (non-hydrogen) atoms. The maximum Gasteiger partial charge on any atom is 0.272 e. The van der Waals surface area contributed by atoms with Crippen LogP contribution in [0, 0.1) is 10.1 Å². The summed E-state index contributed by atoms with van der Waals surface area (Å²) in [4.78, 5) is 21.9. The third-order valence-corrected chi connectivity index (χ3v) is 2.92. The molecule has 1 aromatic heterocycles. The van der Waals surface area contributed by atoms with Crippen molar-refractivity contribution in [3.05, 3.63) is 69.0 Å². The van der Waals surface area contributed by atoms with E-state index in [1.807, 2.05) is 12.1 Å². The Morgan fingerprint density at radius 3 is 2.42 bits per heavy atom. The summed E-state index contributed by atoms with van der Waals surface area (Å²) in [6, 6.07) is 13.2. The molecule has 1 N–H and O–H groups in total. The monoisotopic (exact) mass is 255 g/mol. The molecule has 0 aliphatic rings. The molecule has 3 aromatic rings. The summed E-state index contributed by atoms with van der Waals surface area (Å²) in [6.07, 6.45) is 0. The number of non-ortho nitro benzene ring substituents is 1. The molecular formula is C13H9N3O3. The summed E-state index contributed by atoms with van der Waals surface area (Å²) in [5.41, 5.74) is 1.24. The molecule has 0 aliphatic heterocycles. The SMILES string of the molecule is O=c1[nH]n(-c2ccc([N+](=O)[O-])cc2)c2ccccc12. The highest BCUT2D eigenvalue weighted by Gasteiger charge is 2.09. The van der Waals surface area contributed by atoms with Gasteiger partial charge in [-0.25, -0.2) is 0 Å². The van der Waals surface area contributed by atoms with Crippen LogP contribution in [0.2, 0.25) is 0 Å². The summed E-state index contributed by atoms with van der Waals surface area (Å²) < 4.78 is 1.61. The molecule has 0 atom stereocenters. The van der Waals surface area contributed by atoms with Gasteiger partial charge in [0, 0.05) is 12.1 Å². The Morgan fingerprint density at radius 1 is 1.05 bits per heavy atom. The van der Waals surface area contributed by atoms with Gasteiger partial charge in [-0.05, 0) is 24.3 Å². The van der Waals surface area contributed by atoms with Crippen LogP contribution in [0.15, 0.2) is 53.3 Å². The first kappa shape index (κ1) is 11.2. The van der Waals surface area contributed by atoms with E-state index in [0.717, 1.165) is 5.52 Å². The number of nitrogens with one attached hydrogen (secondary N) is 1. The third kappa shape index (κ3) is 1.79. The number of nitro groups is 1. The summed E-state index contributed by atoms with van der Waals surface area (Å²) in [5, 5.41) is 13.9. The van der Waals surface area contributed by atoms with Crippen LogP contribution in [-0.2, 0) is 0 Å². The first-order chi connectivity index (χ1) is 9.16. The lowest BCUT2D eigenvalue weighted by Gasteiger charge is -2.03. The fourth-order valence-electron chi connectivity index (χ4n) is 2.01. The standard InChI is InChI=1S/C13H9N3O3/c17-13-11-3-1-2-4-12(11)15(14-13)9-5-7-10(8-6-9)16(18)19/h1-8H,(H,14,17). The molecule has 2 aromatic carbocycles. The van der Waals surface area contributed by atoms with E-state index in [9.17, 15) is 14.9 Å². The molecule has 0 radical (unpaired) electrons. The Bertz CT molecular complexity index is 815. The summed E-state index contributed by atoms with van der Waals surface area (Å²) in [7, 11) is 0. The normalized spacial score (nSPS) is 10.7. The predicted octanol–water partition coefficient (Wildman–Crippen LogP) is 2.23. The highest BCUT2D eigenvalue weighted by Crippen LogP contribution is 2.18. The molecule has 0 amide bonds. The first-order valence-corrected chi connectivity index (χ1v) is 5.61. The Balaban J connectivity index is 2.19. The van der Waals surface area contributed by atoms with Gasteiger partial charge in [-0.1, -0.05) is 12.1 Å². The molecule has 0 fully saturated rings. The minimum Gasteiger partial charge on any atom is -0.267 e. The van der Waals surface area contributed by atoms with Crippen molar-refractivity contribution in [1.29, 1.82) is 0 Å². The zero-order chi connectivity index (χ0) is 13.4. The Morgan fingerprint density at radius 2 is 1.74 bits per heavy atom. The van der Waals surface area contributed by atoms with Crippen LogP contribution in [0.1, 0.15) is 0 Å². The fraction of sp³-hybridized carbons (Fsp3) is 0. The van der Waals surface area contributed by atoms with Crippen LogP contribution in [0.3, 0.4) is 0 Å². The minimum absolute atomic E-state index is 0.0163. The lowest BCUT2D eigenvalue weighted by molar-refractivity contribution is -0.384. The van der Waals surface area contributed by atoms with Crippen LogP contribution in [-0.4, -0.2) is 14.7 Å². The smallest absolute Gasteiger partial charge is 0.267 e. The van der Waals surface area contributed by atoms with Gasteiger partial charge in [-0.3, -0.25) is 24.7 Å². The second-order valence-corrected chi connectivity index (χ2v) is 4.07. The number of H-pyrrole nitrogens is 1. The van der Waals surface area contributed by atoms with E-state index in [4.69, 9.17) is 0 Å². The Kier molecular flexibility index (Phi) is 2.42. The van der Waals surface area contributed by atoms with Gasteiger partial charge in [-0.15, -0.1) is 0 Å². The Labute approximate surface area is 107 Å². The van der Waals surface area contributed by atoms with Crippen molar-refractivity contribution in [3.63, 3.8) is 0 Å². The van der Waals surface area contributed by atoms with Crippen molar-refractivity contribution in [3.8, 4) is 5.69 Å². The van der Waals surface area contributed by atoms with Gasteiger partial charge in [0.2, 0.25) is 0 Å². The molecule has 0 aliphatic carbocycles. The van der Waals surface area contributed by atoms with Gasteiger partial charge in [-0.2, -0.15) is 0 Å². The van der Waals surface area contributed by atoms with Crippen LogP contribution in [0.5, 0.6) is 0 Å². The maximum absolute atomic E-state index is 11.8. The zero-order valence-electron chi connectivity index (χ0n) is 9.74. The molecule has 0 spiro atoms. The van der Waals surface area contributed by atoms with Crippen LogP contribution in [0.4, 0.5) is 5.69 Å². The van der Waals surface area contributed by atoms with E-state index in [1.54, 1.807) is 28.9 Å². The summed E-state index contributed by atoms with van der Waals surface area (Å²) in [6.45, 7) is 0. The number of nitrogens with zero attached hydrogens (tertiary/aromatic N) is 2. The molecule has 6 heteroatoms. The number of para-hydroxylation sites is 1. The number of hydrogen-bond acceptors (Lipinski definition) is 3. The molecule has 0 unspecified atom stereocenters. The van der Waals surface area contributed by atoms with Crippen molar-refractivity contribution < 1.29 is 4.92 Å². The molecule has 0 bridgehead atoms. The van der Waals surface area contributed by atoms with Crippen molar-refractivity contribution in [2.24, 2.45) is 0 Å². The zero-order valence-corrected chi connectivity index (χ0v) is 9.74. The van der Waals surface area contributed by atoms with Crippen LogP contribution in [0.25, 0.3) is 16.6 Å². The van der Waals surface area contributed by atoms with E-state index in [1.165, 1.54) is 12.1 Å². The third-order valence-electron chi connectivity index (χ3n) is 2.92. The highest BCUT2D eigenvalue weighted by molar-refractivity contribution is 5.79. The van der Waals surface area contributed by atoms with Gasteiger partial charge in [0.25, 0.3) is 11.2 Å². The van der Waals surface area contributed by atoms with E-state index < -0.39 is 4.92 Å². The first-order valence-electron chi connectivity index (χ1n) is 5.61. The topological polar surface area (TPSA) is 80.9 Å². The molecule has 1 heterocycles. The van der Waals surface area contributed by atoms with Crippen LogP contribution < -0.4 is 5.56 Å². The Hall–Kier alpha value is -2.89. The number of rotatable bonds is 2. The second kappa shape index (κ2) is 4.09. The summed E-state index contributed by atoms with van der Waals surface area (Å²) in [5.74, 6) is 0. The van der Waals surface area contributed by atoms with E-state index >= 15 is 0 Å². The average Bonchev–Trinajstić information content (AvgIpc) is 2.77. The fourth-order valence-corrected chi connectivity index (χ4v) is 2.01. The van der Waals surface area contributed by atoms with Crippen molar-refractivity contribution in [2.45, 2.75) is 0 Å². The number of aromatic nitrogens is 2. The van der Waals surface area contributed by atoms with Crippen LogP contribution >= 0.6 is 0 Å². The molecule has 6 nitrogen and oxygen atoms in total. The molecule has 94 valence electrons. The van der Waals surface area contributed by atoms with Crippen molar-refractivity contribution >= 4 is 16.6 Å². The molecule has 0 saturated carbocycles. The maximum atomic E-state index is 11.8. The van der Waals surface area contributed by atoms with Gasteiger partial charge in [0.05, 0.1) is 21.5 Å². The van der Waals surface area contributed by atoms with Crippen molar-refractivity contribution in [1.82, 2.24) is 9.78 Å². The number of benzene rings is 2. The van der Waals surface area contributed by atoms with Gasteiger partial charge in [0.15, 0.2) is 0 Å². The largest absolute Gasteiger partial charge is 0.272 e. The predicted molar refractivity (Wildman–Crippen MR) is 70.6 cm³/mol. The van der Waals surface area contributed by atoms with Gasteiger partial charge < -0.3 is 0 Å². The molecule has 3 rings (SSSR count). The average molecular weight is 255 g/mol. The van der Waals surface area contributed by atoms with Gasteiger partial charge >= 0.3 is 0 Å². The molecule has 0 saturated heterocycles. The number of fused-ring (bicyclic) bond motifs is 1. The van der Waals surface area contributed by atoms with E-state index in [-0.39, 0.29) is 11.2 Å². The number of hydrogen-bond donors (Lipinski definition) is 1. The lowest BCUT2D eigenvalue weighted by Crippen LogP contribution is -2.03.